The molecular weight excluding hydrogens is 158 g/mol. The van der Waals surface area contributed by atoms with Crippen LogP contribution in [-0.4, -0.2) is 6.21 Å². The molecule has 70 valence electrons. The van der Waals surface area contributed by atoms with Crippen LogP contribution in [0.15, 0.2) is 24.8 Å². The third-order valence-electron chi connectivity index (χ3n) is 1.72. The number of rotatable bonds is 2. The Labute approximate surface area is 80.6 Å². The van der Waals surface area contributed by atoms with E-state index in [1.165, 1.54) is 6.21 Å². The lowest BCUT2D eigenvalue weighted by molar-refractivity contribution is 1.42. The molecule has 0 aliphatic heterocycles. The molecule has 1 heteroatoms. The van der Waals surface area contributed by atoms with Gasteiger partial charge >= 0.3 is 0 Å². The third kappa shape index (κ3) is 2.86. The molecule has 0 saturated carbocycles. The van der Waals surface area contributed by atoms with Crippen LogP contribution < -0.4 is 0 Å². The zero-order valence-corrected chi connectivity index (χ0v) is 8.59. The molecule has 1 aromatic rings. The normalized spacial score (nSPS) is 8.23. The second-order valence-corrected chi connectivity index (χ2v) is 2.43. The summed E-state index contributed by atoms with van der Waals surface area (Å²) >= 11 is 0. The van der Waals surface area contributed by atoms with Gasteiger partial charge in [0, 0.05) is 11.8 Å². The molecule has 0 aromatic heterocycles. The van der Waals surface area contributed by atoms with Crippen LogP contribution in [0.2, 0.25) is 0 Å². The van der Waals surface area contributed by atoms with Gasteiger partial charge in [0.1, 0.15) is 0 Å². The highest BCUT2D eigenvalue weighted by atomic mass is 14.3. The van der Waals surface area contributed by atoms with Gasteiger partial charge in [0.05, 0.1) is 0 Å². The van der Waals surface area contributed by atoms with Crippen molar-refractivity contribution in [2.45, 2.75) is 20.8 Å². The Hall–Kier alpha value is -1.37. The Morgan fingerprint density at radius 2 is 1.92 bits per heavy atom. The lowest BCUT2D eigenvalue weighted by Gasteiger charge is -2.02. The van der Waals surface area contributed by atoms with Gasteiger partial charge in [-0.1, -0.05) is 44.7 Å². The summed E-state index contributed by atoms with van der Waals surface area (Å²) in [6.45, 7) is 9.67. The molecule has 1 N–H and O–H groups in total. The van der Waals surface area contributed by atoms with E-state index in [1.54, 1.807) is 6.08 Å². The first-order chi connectivity index (χ1) is 6.29. The molecule has 0 spiro atoms. The molecule has 0 unspecified atom stereocenters. The summed E-state index contributed by atoms with van der Waals surface area (Å²) in [5.41, 5.74) is 3.11. The fourth-order valence-electron chi connectivity index (χ4n) is 1.08. The highest BCUT2D eigenvalue weighted by Crippen LogP contribution is 2.12. The van der Waals surface area contributed by atoms with E-state index in [0.717, 1.165) is 16.7 Å². The van der Waals surface area contributed by atoms with E-state index in [0.29, 0.717) is 0 Å². The van der Waals surface area contributed by atoms with E-state index in [1.807, 2.05) is 39.0 Å². The topological polar surface area (TPSA) is 23.9 Å². The minimum absolute atomic E-state index is 0.961. The van der Waals surface area contributed by atoms with Crippen molar-refractivity contribution in [3.05, 3.63) is 41.5 Å². The Morgan fingerprint density at radius 1 is 1.31 bits per heavy atom. The number of hydrogen-bond donors (Lipinski definition) is 1. The summed E-state index contributed by atoms with van der Waals surface area (Å²) in [6, 6.07) is 5.92. The quantitative estimate of drug-likeness (QED) is 0.663. The lowest BCUT2D eigenvalue weighted by Crippen LogP contribution is -1.89. The Balaban J connectivity index is 0.000000671. The fourth-order valence-corrected chi connectivity index (χ4v) is 1.08. The van der Waals surface area contributed by atoms with E-state index in [4.69, 9.17) is 5.41 Å². The SMILES string of the molecule is C=Cc1cccc(C)c1C=N.CC. The van der Waals surface area contributed by atoms with Crippen LogP contribution in [0.25, 0.3) is 6.08 Å². The fraction of sp³-hybridized carbons (Fsp3) is 0.250. The van der Waals surface area contributed by atoms with E-state index in [2.05, 4.69) is 6.58 Å². The van der Waals surface area contributed by atoms with Crippen molar-refractivity contribution in [2.75, 3.05) is 0 Å². The molecule has 0 amide bonds. The average Bonchev–Trinajstić information content (AvgIpc) is 2.20. The molecule has 1 nitrogen and oxygen atoms in total. The summed E-state index contributed by atoms with van der Waals surface area (Å²) < 4.78 is 0. The van der Waals surface area contributed by atoms with Gasteiger partial charge in [0.2, 0.25) is 0 Å². The van der Waals surface area contributed by atoms with Crippen molar-refractivity contribution >= 4 is 12.3 Å². The van der Waals surface area contributed by atoms with Gasteiger partial charge in [-0.3, -0.25) is 0 Å². The highest BCUT2D eigenvalue weighted by molar-refractivity contribution is 5.85. The minimum Gasteiger partial charge on any atom is -0.308 e. The van der Waals surface area contributed by atoms with Crippen molar-refractivity contribution in [1.82, 2.24) is 0 Å². The summed E-state index contributed by atoms with van der Waals surface area (Å²) in [4.78, 5) is 0. The van der Waals surface area contributed by atoms with Gasteiger partial charge in [-0.2, -0.15) is 0 Å². The molecule has 0 fully saturated rings. The summed E-state index contributed by atoms with van der Waals surface area (Å²) in [5.74, 6) is 0. The van der Waals surface area contributed by atoms with Gasteiger partial charge in [-0.25, -0.2) is 0 Å². The van der Waals surface area contributed by atoms with Crippen molar-refractivity contribution in [3.8, 4) is 0 Å². The molecule has 13 heavy (non-hydrogen) atoms. The van der Waals surface area contributed by atoms with E-state index < -0.39 is 0 Å². The molecule has 0 aliphatic carbocycles. The van der Waals surface area contributed by atoms with Gasteiger partial charge < -0.3 is 5.41 Å². The standard InChI is InChI=1S/C10H11N.C2H6/c1-3-9-6-4-5-8(2)10(9)7-11;1-2/h3-7,11H,1H2,2H3;1-2H3. The Kier molecular flexibility index (Phi) is 5.53. The van der Waals surface area contributed by atoms with Gasteiger partial charge in [0.15, 0.2) is 0 Å². The molecule has 0 heterocycles. The zero-order chi connectivity index (χ0) is 10.3. The second kappa shape index (κ2) is 6.18. The first kappa shape index (κ1) is 11.6. The Morgan fingerprint density at radius 3 is 2.31 bits per heavy atom. The van der Waals surface area contributed by atoms with Crippen LogP contribution in [0.5, 0.6) is 0 Å². The molecule has 0 aliphatic rings. The first-order valence-corrected chi connectivity index (χ1v) is 4.52. The van der Waals surface area contributed by atoms with Gasteiger partial charge in [-0.15, -0.1) is 0 Å². The molecule has 0 radical (unpaired) electrons. The van der Waals surface area contributed by atoms with Gasteiger partial charge in [-0.05, 0) is 18.1 Å². The van der Waals surface area contributed by atoms with Crippen LogP contribution in [0.3, 0.4) is 0 Å². The maximum atomic E-state index is 7.16. The lowest BCUT2D eigenvalue weighted by atomic mass is 10.0. The number of nitrogens with one attached hydrogen (secondary N) is 1. The predicted molar refractivity (Wildman–Crippen MR) is 60.5 cm³/mol. The summed E-state index contributed by atoms with van der Waals surface area (Å²) in [5, 5.41) is 7.16. The maximum Gasteiger partial charge on any atom is 0.0259 e. The van der Waals surface area contributed by atoms with Crippen LogP contribution in [0.1, 0.15) is 30.5 Å². The Bertz CT molecular complexity index is 287. The molecule has 1 rings (SSSR count). The monoisotopic (exact) mass is 175 g/mol. The number of hydrogen-bond acceptors (Lipinski definition) is 1. The molecule has 0 atom stereocenters. The second-order valence-electron chi connectivity index (χ2n) is 2.43. The van der Waals surface area contributed by atoms with Crippen LogP contribution in [0.4, 0.5) is 0 Å². The highest BCUT2D eigenvalue weighted by Gasteiger charge is 1.97. The smallest absolute Gasteiger partial charge is 0.0259 e. The van der Waals surface area contributed by atoms with Crippen molar-refractivity contribution < 1.29 is 0 Å². The third-order valence-corrected chi connectivity index (χ3v) is 1.72. The predicted octanol–water partition coefficient (Wildman–Crippen LogP) is 3.66. The summed E-state index contributed by atoms with van der Waals surface area (Å²) in [6.07, 6.45) is 3.14. The van der Waals surface area contributed by atoms with E-state index >= 15 is 0 Å². The number of benzene rings is 1. The van der Waals surface area contributed by atoms with E-state index in [-0.39, 0.29) is 0 Å². The molecule has 0 saturated heterocycles. The number of aryl methyl sites for hydroxylation is 1. The largest absolute Gasteiger partial charge is 0.308 e. The average molecular weight is 175 g/mol. The van der Waals surface area contributed by atoms with Crippen LogP contribution >= 0.6 is 0 Å². The van der Waals surface area contributed by atoms with Crippen LogP contribution in [0, 0.1) is 12.3 Å². The van der Waals surface area contributed by atoms with E-state index in [9.17, 15) is 0 Å². The van der Waals surface area contributed by atoms with Crippen molar-refractivity contribution in [3.63, 3.8) is 0 Å². The first-order valence-electron chi connectivity index (χ1n) is 4.52. The molecule has 0 bridgehead atoms. The molecule has 1 aromatic carbocycles. The molecular formula is C12H17N. The summed E-state index contributed by atoms with van der Waals surface area (Å²) in [7, 11) is 0. The minimum atomic E-state index is 0.961. The van der Waals surface area contributed by atoms with Crippen molar-refractivity contribution in [2.24, 2.45) is 0 Å². The zero-order valence-electron chi connectivity index (χ0n) is 8.59. The van der Waals surface area contributed by atoms with Crippen LogP contribution in [-0.2, 0) is 0 Å². The van der Waals surface area contributed by atoms with Crippen molar-refractivity contribution in [1.29, 1.82) is 5.41 Å². The maximum absolute atomic E-state index is 7.16. The van der Waals surface area contributed by atoms with Gasteiger partial charge in [0.25, 0.3) is 0 Å².